The molecule has 476 valence electrons. The lowest BCUT2D eigenvalue weighted by molar-refractivity contribution is 0.179. The van der Waals surface area contributed by atoms with Crippen LogP contribution < -0.4 is 0 Å². The van der Waals surface area contributed by atoms with E-state index in [4.69, 9.17) is 0 Å². The molecule has 0 spiro atoms. The molecule has 7 atom stereocenters. The Kier molecular flexibility index (Phi) is 51.2. The fourth-order valence-corrected chi connectivity index (χ4v) is 12.0. The lowest BCUT2D eigenvalue weighted by Crippen LogP contribution is -2.24. The van der Waals surface area contributed by atoms with Crippen LogP contribution in [0.4, 0.5) is 0 Å². The highest BCUT2D eigenvalue weighted by atomic mass is 14.5. The molecule has 0 N–H and O–H groups in total. The monoisotopic (exact) mass is 1100 g/mol. The minimum atomic E-state index is 0.542. The van der Waals surface area contributed by atoms with Crippen LogP contribution in [0.1, 0.15) is 394 Å². The van der Waals surface area contributed by atoms with Crippen LogP contribution in [0.2, 0.25) is 0 Å². The Labute approximate surface area is 502 Å². The van der Waals surface area contributed by atoms with Gasteiger partial charge in [-0.2, -0.15) is 0 Å². The van der Waals surface area contributed by atoms with Gasteiger partial charge < -0.3 is 0 Å². The first-order valence-electron chi connectivity index (χ1n) is 35.9. The smallest absolute Gasteiger partial charge is 0.0323 e. The Hall–Kier alpha value is 0. The van der Waals surface area contributed by atoms with Gasteiger partial charge in [0.2, 0.25) is 0 Å². The second-order valence-corrected chi connectivity index (χ2v) is 33.0. The third-order valence-electron chi connectivity index (χ3n) is 21.7. The summed E-state index contributed by atoms with van der Waals surface area (Å²) in [6, 6.07) is 0. The van der Waals surface area contributed by atoms with Crippen molar-refractivity contribution >= 4 is 0 Å². The van der Waals surface area contributed by atoms with Crippen LogP contribution >= 0.6 is 0 Å². The van der Waals surface area contributed by atoms with Crippen molar-refractivity contribution in [3.63, 3.8) is 0 Å². The van der Waals surface area contributed by atoms with Crippen molar-refractivity contribution in [2.24, 2.45) is 110 Å². The molecule has 0 aromatic carbocycles. The molecule has 0 nitrogen and oxygen atoms in total. The van der Waals surface area contributed by atoms with Gasteiger partial charge in [-0.05, 0) is 143 Å². The van der Waals surface area contributed by atoms with E-state index in [2.05, 4.69) is 215 Å². The van der Waals surface area contributed by atoms with Gasteiger partial charge in [-0.25, -0.2) is 0 Å². The molecule has 7 unspecified atom stereocenters. The van der Waals surface area contributed by atoms with Crippen molar-refractivity contribution in [1.29, 1.82) is 0 Å². The average molecular weight is 1100 g/mol. The minimum absolute atomic E-state index is 0.542. The van der Waals surface area contributed by atoms with Crippen molar-refractivity contribution in [2.75, 3.05) is 0 Å². The van der Waals surface area contributed by atoms with Crippen molar-refractivity contribution in [3.8, 4) is 0 Å². The summed E-state index contributed by atoms with van der Waals surface area (Å²) in [5.41, 5.74) is 2.37. The standard InChI is InChI=1S/C10H20.3C8H16.2C7H14.C6H12.4C6H14/c1-8-9(2,3)6-7-10(8,4)5;1-6-4-7(2)8(3)5-6;1-7-5-4-6-8(7,2)3;1-6-4-5-7(2)8(6)3;1-6-4-3-5-7(6)2;1-7-5-3-2-4-6-7;1-2-3-6-4-5-6;1-5-6(2,3)4;2*1-4-5-6(2)3;1-4-6(3)5-2/h8H,6-7H2,1-5H3;6-8H,4-5H2,1-3H3;7H,4-6H2,1-3H3;6-8H,4-5H2,1-3H3;6-7H,3-5H2,1-2H3;7H,2-6H2,1H3;6H,2-5H2,1H3;5H2,1-4H3;3*6H,4-5H2,1-3H3. The van der Waals surface area contributed by atoms with Gasteiger partial charge in [0, 0.05) is 0 Å². The Balaban J connectivity index is -0.000000388. The van der Waals surface area contributed by atoms with E-state index in [0.29, 0.717) is 21.7 Å². The summed E-state index contributed by atoms with van der Waals surface area (Å²) in [6.07, 6.45) is 40.1. The van der Waals surface area contributed by atoms with Gasteiger partial charge in [0.25, 0.3) is 0 Å². The van der Waals surface area contributed by atoms with Crippen LogP contribution in [0.5, 0.6) is 0 Å². The summed E-state index contributed by atoms with van der Waals surface area (Å²) in [4.78, 5) is 0. The molecule has 7 rings (SSSR count). The molecule has 0 saturated heterocycles. The molecule has 78 heavy (non-hydrogen) atoms. The van der Waals surface area contributed by atoms with Crippen LogP contribution in [-0.2, 0) is 0 Å². The highest BCUT2D eigenvalue weighted by Gasteiger charge is 2.43. The second kappa shape index (κ2) is 47.3. The number of hydrogen-bond donors (Lipinski definition) is 0. The first-order chi connectivity index (χ1) is 35.9. The van der Waals surface area contributed by atoms with Crippen molar-refractivity contribution in [1.82, 2.24) is 0 Å². The Morgan fingerprint density at radius 2 is 0.795 bits per heavy atom. The zero-order valence-corrected chi connectivity index (χ0v) is 61.5. The van der Waals surface area contributed by atoms with E-state index >= 15 is 0 Å². The van der Waals surface area contributed by atoms with E-state index in [0.717, 1.165) is 88.8 Å². The largest absolute Gasteiger partial charge is 0.0654 e. The predicted octanol–water partition coefficient (Wildman–Crippen LogP) is 28.7. The zero-order valence-electron chi connectivity index (χ0n) is 61.5. The summed E-state index contributed by atoms with van der Waals surface area (Å²) >= 11 is 0. The fourth-order valence-electron chi connectivity index (χ4n) is 12.0. The van der Waals surface area contributed by atoms with E-state index in [-0.39, 0.29) is 0 Å². The minimum Gasteiger partial charge on any atom is -0.0654 e. The molecule has 0 aromatic heterocycles. The predicted molar refractivity (Wildman–Crippen MR) is 367 cm³/mol. The van der Waals surface area contributed by atoms with Crippen molar-refractivity contribution in [3.05, 3.63) is 0 Å². The Morgan fingerprint density at radius 3 is 0.897 bits per heavy atom. The maximum atomic E-state index is 2.40. The molecule has 7 fully saturated rings. The topological polar surface area (TPSA) is 0 Å². The molecular formula is C78H164. The summed E-state index contributed by atoms with van der Waals surface area (Å²) in [5, 5.41) is 0. The van der Waals surface area contributed by atoms with Crippen molar-refractivity contribution < 1.29 is 0 Å². The van der Waals surface area contributed by atoms with E-state index in [1.807, 2.05) is 0 Å². The van der Waals surface area contributed by atoms with Crippen LogP contribution in [0, 0.1) is 110 Å². The molecule has 0 amide bonds. The maximum absolute atomic E-state index is 2.40. The summed E-state index contributed by atoms with van der Waals surface area (Å²) < 4.78 is 0. The highest BCUT2D eigenvalue weighted by Crippen LogP contribution is 2.53. The van der Waals surface area contributed by atoms with Gasteiger partial charge in [0.05, 0.1) is 0 Å². The molecular weight excluding hydrogens is 937 g/mol. The van der Waals surface area contributed by atoms with E-state index in [1.54, 1.807) is 0 Å². The van der Waals surface area contributed by atoms with Crippen LogP contribution in [0.25, 0.3) is 0 Å². The van der Waals surface area contributed by atoms with E-state index in [1.165, 1.54) is 180 Å². The molecule has 7 aliphatic carbocycles. The Bertz CT molecular complexity index is 1180. The van der Waals surface area contributed by atoms with Crippen molar-refractivity contribution in [2.45, 2.75) is 394 Å². The molecule has 0 radical (unpaired) electrons. The van der Waals surface area contributed by atoms with Crippen LogP contribution in [0.3, 0.4) is 0 Å². The Morgan fingerprint density at radius 1 is 0.397 bits per heavy atom. The maximum Gasteiger partial charge on any atom is -0.0323 e. The lowest BCUT2D eigenvalue weighted by Gasteiger charge is -2.31. The first-order valence-corrected chi connectivity index (χ1v) is 35.9. The summed E-state index contributed by atoms with van der Waals surface area (Å²) in [6.45, 7) is 71.8. The van der Waals surface area contributed by atoms with Crippen LogP contribution in [0.15, 0.2) is 0 Å². The second-order valence-electron chi connectivity index (χ2n) is 33.0. The zero-order chi connectivity index (χ0) is 61.5. The molecule has 7 aliphatic rings. The molecule has 0 aliphatic heterocycles. The number of rotatable bonds is 8. The first kappa shape index (κ1) is 84.5. The van der Waals surface area contributed by atoms with E-state index in [9.17, 15) is 0 Å². The van der Waals surface area contributed by atoms with Gasteiger partial charge in [-0.15, -0.1) is 0 Å². The third kappa shape index (κ3) is 48.4. The molecule has 7 saturated carbocycles. The van der Waals surface area contributed by atoms with Crippen LogP contribution in [-0.4, -0.2) is 0 Å². The quantitative estimate of drug-likeness (QED) is 0.227. The number of hydrogen-bond acceptors (Lipinski definition) is 0. The summed E-state index contributed by atoms with van der Waals surface area (Å²) in [7, 11) is 0. The SMILES string of the molecule is CC1C(C)(C)CCC1(C)C.CC1CC(C)C(C)C1.CC1CCC(C)C1C.CC1CCCC1(C)C.CC1CCCC1C.CC1CCCCC1.CCC(C)(C)C.CCC(C)CC.CCCC(C)C.CCCC(C)C.CCCC1CC1. The molecule has 0 bridgehead atoms. The fraction of sp³-hybridized carbons (Fsp3) is 1.00. The van der Waals surface area contributed by atoms with Gasteiger partial charge in [-0.3, -0.25) is 0 Å². The normalized spacial score (nSPS) is 28.3. The highest BCUT2D eigenvalue weighted by molar-refractivity contribution is 4.93. The lowest BCUT2D eigenvalue weighted by atomic mass is 9.74. The van der Waals surface area contributed by atoms with Gasteiger partial charge in [0.15, 0.2) is 0 Å². The van der Waals surface area contributed by atoms with E-state index < -0.39 is 0 Å². The molecule has 0 aromatic rings. The summed E-state index contributed by atoms with van der Waals surface area (Å²) in [5.74, 6) is 14.7. The molecule has 0 heterocycles. The third-order valence-corrected chi connectivity index (χ3v) is 21.7. The van der Waals surface area contributed by atoms with Gasteiger partial charge >= 0.3 is 0 Å². The average Bonchev–Trinajstić information content (AvgIpc) is 3.70. The van der Waals surface area contributed by atoms with Gasteiger partial charge in [-0.1, -0.05) is 362 Å². The van der Waals surface area contributed by atoms with Gasteiger partial charge in [0.1, 0.15) is 0 Å². The molecule has 0 heteroatoms.